The van der Waals surface area contributed by atoms with Gasteiger partial charge in [0.15, 0.2) is 0 Å². The van der Waals surface area contributed by atoms with Crippen LogP contribution in [-0.2, 0) is 6.54 Å². The highest BCUT2D eigenvalue weighted by Gasteiger charge is 2.37. The number of piperazine rings is 1. The Morgan fingerprint density at radius 1 is 1.43 bits per heavy atom. The van der Waals surface area contributed by atoms with E-state index >= 15 is 0 Å². The molecule has 118 valence electrons. The molecule has 0 amide bonds. The SMILES string of the molecule is CCC(C)C1CN(Cc2cccc(O)c2)C(C)(CC)CN1. The van der Waals surface area contributed by atoms with E-state index in [4.69, 9.17) is 0 Å². The third-order valence-electron chi connectivity index (χ3n) is 5.30. The Kier molecular flexibility index (Phi) is 5.28. The number of hydrogen-bond donors (Lipinski definition) is 2. The summed E-state index contributed by atoms with van der Waals surface area (Å²) in [5, 5.41) is 13.4. The van der Waals surface area contributed by atoms with Gasteiger partial charge in [-0.25, -0.2) is 0 Å². The van der Waals surface area contributed by atoms with E-state index in [0.29, 0.717) is 17.7 Å². The fraction of sp³-hybridized carbons (Fsp3) is 0.667. The smallest absolute Gasteiger partial charge is 0.115 e. The number of rotatable bonds is 5. The molecule has 3 heteroatoms. The van der Waals surface area contributed by atoms with E-state index in [1.54, 1.807) is 6.07 Å². The zero-order valence-electron chi connectivity index (χ0n) is 13.9. The molecule has 2 N–H and O–H groups in total. The first kappa shape index (κ1) is 16.3. The molecule has 1 aromatic rings. The minimum absolute atomic E-state index is 0.190. The van der Waals surface area contributed by atoms with Crippen LogP contribution < -0.4 is 5.32 Å². The second kappa shape index (κ2) is 6.80. The Labute approximate surface area is 129 Å². The summed E-state index contributed by atoms with van der Waals surface area (Å²) in [5.41, 5.74) is 1.38. The molecule has 2 rings (SSSR count). The first-order valence-corrected chi connectivity index (χ1v) is 8.25. The molecule has 1 aliphatic heterocycles. The average molecular weight is 290 g/mol. The molecule has 3 atom stereocenters. The van der Waals surface area contributed by atoms with Crippen molar-refractivity contribution in [3.63, 3.8) is 0 Å². The molecule has 1 aliphatic rings. The summed E-state index contributed by atoms with van der Waals surface area (Å²) in [7, 11) is 0. The van der Waals surface area contributed by atoms with Gasteiger partial charge in [-0.2, -0.15) is 0 Å². The largest absolute Gasteiger partial charge is 0.508 e. The van der Waals surface area contributed by atoms with E-state index in [9.17, 15) is 5.11 Å². The predicted octanol–water partition coefficient (Wildman–Crippen LogP) is 3.38. The minimum atomic E-state index is 0.190. The third-order valence-corrected chi connectivity index (χ3v) is 5.30. The van der Waals surface area contributed by atoms with Crippen molar-refractivity contribution in [1.82, 2.24) is 10.2 Å². The summed E-state index contributed by atoms with van der Waals surface area (Å²) < 4.78 is 0. The molecule has 3 unspecified atom stereocenters. The van der Waals surface area contributed by atoms with Crippen LogP contribution in [0.5, 0.6) is 5.75 Å². The van der Waals surface area contributed by atoms with E-state index in [1.165, 1.54) is 12.0 Å². The molecular formula is C18H30N2O. The van der Waals surface area contributed by atoms with Crippen molar-refractivity contribution in [2.24, 2.45) is 5.92 Å². The lowest BCUT2D eigenvalue weighted by Gasteiger charge is -2.49. The average Bonchev–Trinajstić information content (AvgIpc) is 2.49. The second-order valence-electron chi connectivity index (χ2n) is 6.77. The maximum absolute atomic E-state index is 9.68. The summed E-state index contributed by atoms with van der Waals surface area (Å²) >= 11 is 0. The summed E-state index contributed by atoms with van der Waals surface area (Å²) in [6.45, 7) is 12.2. The number of benzene rings is 1. The van der Waals surface area contributed by atoms with Crippen molar-refractivity contribution < 1.29 is 5.11 Å². The fourth-order valence-corrected chi connectivity index (χ4v) is 3.13. The molecule has 0 aromatic heterocycles. The normalized spacial score (nSPS) is 28.5. The van der Waals surface area contributed by atoms with Gasteiger partial charge >= 0.3 is 0 Å². The summed E-state index contributed by atoms with van der Waals surface area (Å²) in [6.07, 6.45) is 2.34. The van der Waals surface area contributed by atoms with Crippen LogP contribution in [0.4, 0.5) is 0 Å². The highest BCUT2D eigenvalue weighted by molar-refractivity contribution is 5.27. The van der Waals surface area contributed by atoms with Gasteiger partial charge in [0.2, 0.25) is 0 Å². The molecule has 1 saturated heterocycles. The first-order chi connectivity index (χ1) is 9.98. The molecule has 1 aromatic carbocycles. The van der Waals surface area contributed by atoms with Gasteiger partial charge in [-0.05, 0) is 37.0 Å². The third kappa shape index (κ3) is 3.78. The van der Waals surface area contributed by atoms with Crippen molar-refractivity contribution in [3.8, 4) is 5.75 Å². The van der Waals surface area contributed by atoms with Gasteiger partial charge in [-0.1, -0.05) is 39.3 Å². The molecule has 0 radical (unpaired) electrons. The first-order valence-electron chi connectivity index (χ1n) is 8.25. The minimum Gasteiger partial charge on any atom is -0.508 e. The Hall–Kier alpha value is -1.06. The van der Waals surface area contributed by atoms with Gasteiger partial charge in [-0.15, -0.1) is 0 Å². The summed E-state index contributed by atoms with van der Waals surface area (Å²) in [5.74, 6) is 1.05. The molecule has 0 aliphatic carbocycles. The van der Waals surface area contributed by atoms with Crippen molar-refractivity contribution >= 4 is 0 Å². The van der Waals surface area contributed by atoms with Crippen molar-refractivity contribution in [2.45, 2.75) is 58.7 Å². The molecule has 0 bridgehead atoms. The molecular weight excluding hydrogens is 260 g/mol. The Bertz CT molecular complexity index is 462. The number of hydrogen-bond acceptors (Lipinski definition) is 3. The summed E-state index contributed by atoms with van der Waals surface area (Å²) in [6, 6.07) is 8.23. The van der Waals surface area contributed by atoms with Gasteiger partial charge in [0.25, 0.3) is 0 Å². The Morgan fingerprint density at radius 2 is 2.19 bits per heavy atom. The van der Waals surface area contributed by atoms with E-state index < -0.39 is 0 Å². The number of phenolic OH excluding ortho intramolecular Hbond substituents is 1. The van der Waals surface area contributed by atoms with Crippen LogP contribution in [0.1, 0.15) is 46.1 Å². The predicted molar refractivity (Wildman–Crippen MR) is 88.5 cm³/mol. The van der Waals surface area contributed by atoms with Gasteiger partial charge in [0, 0.05) is 31.2 Å². The molecule has 21 heavy (non-hydrogen) atoms. The highest BCUT2D eigenvalue weighted by atomic mass is 16.3. The van der Waals surface area contributed by atoms with Crippen LogP contribution >= 0.6 is 0 Å². The maximum Gasteiger partial charge on any atom is 0.115 e. The van der Waals surface area contributed by atoms with E-state index in [2.05, 4.69) is 44.0 Å². The second-order valence-corrected chi connectivity index (χ2v) is 6.77. The van der Waals surface area contributed by atoms with Gasteiger partial charge in [0.1, 0.15) is 5.75 Å². The Balaban J connectivity index is 2.14. The Morgan fingerprint density at radius 3 is 2.81 bits per heavy atom. The van der Waals surface area contributed by atoms with Crippen LogP contribution in [0.3, 0.4) is 0 Å². The maximum atomic E-state index is 9.68. The van der Waals surface area contributed by atoms with Crippen molar-refractivity contribution in [1.29, 1.82) is 0 Å². The monoisotopic (exact) mass is 290 g/mol. The fourth-order valence-electron chi connectivity index (χ4n) is 3.13. The van der Waals surface area contributed by atoms with Crippen molar-refractivity contribution in [2.75, 3.05) is 13.1 Å². The topological polar surface area (TPSA) is 35.5 Å². The van der Waals surface area contributed by atoms with Crippen LogP contribution in [0.2, 0.25) is 0 Å². The molecule has 0 saturated carbocycles. The zero-order chi connectivity index (χ0) is 15.5. The lowest BCUT2D eigenvalue weighted by Crippen LogP contribution is -2.63. The highest BCUT2D eigenvalue weighted by Crippen LogP contribution is 2.28. The number of nitrogens with one attached hydrogen (secondary N) is 1. The number of aromatic hydroxyl groups is 1. The van der Waals surface area contributed by atoms with Crippen LogP contribution in [0.25, 0.3) is 0 Å². The van der Waals surface area contributed by atoms with E-state index in [0.717, 1.165) is 26.1 Å². The standard InChI is InChI=1S/C18H30N2O/c1-5-14(3)17-12-20(18(4,6-2)13-19-17)11-15-8-7-9-16(21)10-15/h7-10,14,17,19,21H,5-6,11-13H2,1-4H3. The zero-order valence-corrected chi connectivity index (χ0v) is 13.9. The van der Waals surface area contributed by atoms with Crippen LogP contribution in [0, 0.1) is 5.92 Å². The molecule has 0 spiro atoms. The van der Waals surface area contributed by atoms with E-state index in [-0.39, 0.29) is 5.54 Å². The van der Waals surface area contributed by atoms with Gasteiger partial charge < -0.3 is 10.4 Å². The number of phenols is 1. The molecule has 1 heterocycles. The molecule has 3 nitrogen and oxygen atoms in total. The molecule has 1 fully saturated rings. The number of nitrogens with zero attached hydrogens (tertiary/aromatic N) is 1. The van der Waals surface area contributed by atoms with Crippen LogP contribution in [0.15, 0.2) is 24.3 Å². The lowest BCUT2D eigenvalue weighted by atomic mass is 9.87. The van der Waals surface area contributed by atoms with E-state index in [1.807, 2.05) is 12.1 Å². The summed E-state index contributed by atoms with van der Waals surface area (Å²) in [4.78, 5) is 2.59. The quantitative estimate of drug-likeness (QED) is 0.872. The van der Waals surface area contributed by atoms with Gasteiger partial charge in [-0.3, -0.25) is 4.90 Å². The van der Waals surface area contributed by atoms with Crippen LogP contribution in [-0.4, -0.2) is 34.7 Å². The van der Waals surface area contributed by atoms with Gasteiger partial charge in [0.05, 0.1) is 0 Å². The van der Waals surface area contributed by atoms with Crippen molar-refractivity contribution in [3.05, 3.63) is 29.8 Å². The lowest BCUT2D eigenvalue weighted by molar-refractivity contribution is 0.0293.